The van der Waals surface area contributed by atoms with Crippen LogP contribution in [-0.2, 0) is 6.42 Å². The van der Waals surface area contributed by atoms with Crippen molar-refractivity contribution in [2.24, 2.45) is 0 Å². The molecule has 2 heteroatoms. The lowest BCUT2D eigenvalue weighted by Crippen LogP contribution is -1.92. The van der Waals surface area contributed by atoms with E-state index < -0.39 is 0 Å². The molecule has 0 N–H and O–H groups in total. The number of ether oxygens (including phenoxy) is 1. The Kier molecular flexibility index (Phi) is 5.10. The molecule has 2 rings (SSSR count). The molecular weight excluding hydrogens is 244 g/mol. The van der Waals surface area contributed by atoms with Gasteiger partial charge >= 0.3 is 0 Å². The topological polar surface area (TPSA) is 9.23 Å². The molecule has 0 unspecified atom stereocenters. The van der Waals surface area contributed by atoms with Crippen molar-refractivity contribution in [3.63, 3.8) is 0 Å². The molecule has 2 aromatic rings. The van der Waals surface area contributed by atoms with Crippen molar-refractivity contribution < 1.29 is 4.74 Å². The first-order valence-electron chi connectivity index (χ1n) is 6.27. The lowest BCUT2D eigenvalue weighted by molar-refractivity contribution is 0.475. The third-order valence-electron chi connectivity index (χ3n) is 2.77. The zero-order valence-corrected chi connectivity index (χ0v) is 11.1. The van der Waals surface area contributed by atoms with Crippen LogP contribution in [0.5, 0.6) is 11.5 Å². The van der Waals surface area contributed by atoms with Crippen LogP contribution in [0, 0.1) is 0 Å². The molecule has 0 fully saturated rings. The second-order valence-corrected chi connectivity index (χ2v) is 4.55. The van der Waals surface area contributed by atoms with Gasteiger partial charge in [-0.3, -0.25) is 0 Å². The molecule has 0 aliphatic heterocycles. The SMILES string of the molecule is ClCCCCc1ccccc1Oc1ccccc1. The molecule has 0 aromatic heterocycles. The maximum Gasteiger partial charge on any atom is 0.130 e. The minimum absolute atomic E-state index is 0.724. The van der Waals surface area contributed by atoms with Crippen molar-refractivity contribution in [2.75, 3.05) is 5.88 Å². The molecule has 0 bridgehead atoms. The summed E-state index contributed by atoms with van der Waals surface area (Å²) in [5, 5.41) is 0. The Morgan fingerprint density at radius 1 is 0.833 bits per heavy atom. The largest absolute Gasteiger partial charge is 0.457 e. The van der Waals surface area contributed by atoms with E-state index in [2.05, 4.69) is 6.07 Å². The van der Waals surface area contributed by atoms with E-state index in [0.717, 1.165) is 36.6 Å². The fourth-order valence-corrected chi connectivity index (χ4v) is 2.02. The first-order valence-corrected chi connectivity index (χ1v) is 6.80. The monoisotopic (exact) mass is 260 g/mol. The number of alkyl halides is 1. The van der Waals surface area contributed by atoms with Crippen molar-refractivity contribution >= 4 is 11.6 Å². The summed E-state index contributed by atoms with van der Waals surface area (Å²) >= 11 is 5.71. The number of para-hydroxylation sites is 2. The van der Waals surface area contributed by atoms with Crippen LogP contribution in [-0.4, -0.2) is 5.88 Å². The number of hydrogen-bond donors (Lipinski definition) is 0. The summed E-state index contributed by atoms with van der Waals surface area (Å²) in [6.45, 7) is 0. The van der Waals surface area contributed by atoms with E-state index in [4.69, 9.17) is 16.3 Å². The highest BCUT2D eigenvalue weighted by Crippen LogP contribution is 2.26. The van der Waals surface area contributed by atoms with E-state index >= 15 is 0 Å². The van der Waals surface area contributed by atoms with Gasteiger partial charge in [0.05, 0.1) is 0 Å². The molecule has 0 radical (unpaired) electrons. The van der Waals surface area contributed by atoms with Crippen LogP contribution >= 0.6 is 11.6 Å². The molecular formula is C16H17ClO. The number of aryl methyl sites for hydroxylation is 1. The van der Waals surface area contributed by atoms with E-state index in [1.54, 1.807) is 0 Å². The summed E-state index contributed by atoms with van der Waals surface area (Å²) in [5.41, 5.74) is 1.24. The van der Waals surface area contributed by atoms with Crippen molar-refractivity contribution in [2.45, 2.75) is 19.3 Å². The minimum atomic E-state index is 0.724. The Balaban J connectivity index is 2.07. The van der Waals surface area contributed by atoms with Gasteiger partial charge in [0.15, 0.2) is 0 Å². The predicted molar refractivity (Wildman–Crippen MR) is 76.6 cm³/mol. The van der Waals surface area contributed by atoms with Crippen LogP contribution in [0.2, 0.25) is 0 Å². The number of rotatable bonds is 6. The standard InChI is InChI=1S/C16H17ClO/c17-13-7-6-9-14-8-4-5-12-16(14)18-15-10-2-1-3-11-15/h1-5,8,10-12H,6-7,9,13H2. The fraction of sp³-hybridized carbons (Fsp3) is 0.250. The summed E-state index contributed by atoms with van der Waals surface area (Å²) < 4.78 is 5.91. The molecule has 0 amide bonds. The normalized spacial score (nSPS) is 10.3. The second-order valence-electron chi connectivity index (χ2n) is 4.17. The van der Waals surface area contributed by atoms with Gasteiger partial charge in [0, 0.05) is 5.88 Å². The number of unbranched alkanes of at least 4 members (excludes halogenated alkanes) is 1. The number of halogens is 1. The zero-order valence-electron chi connectivity index (χ0n) is 10.3. The molecule has 0 saturated heterocycles. The van der Waals surface area contributed by atoms with Crippen molar-refractivity contribution in [1.29, 1.82) is 0 Å². The van der Waals surface area contributed by atoms with Gasteiger partial charge in [-0.15, -0.1) is 11.6 Å². The van der Waals surface area contributed by atoms with E-state index in [-0.39, 0.29) is 0 Å². The van der Waals surface area contributed by atoms with Crippen molar-refractivity contribution in [3.8, 4) is 11.5 Å². The van der Waals surface area contributed by atoms with Crippen LogP contribution in [0.4, 0.5) is 0 Å². The molecule has 0 atom stereocenters. The average molecular weight is 261 g/mol. The Morgan fingerprint density at radius 2 is 1.56 bits per heavy atom. The first-order chi connectivity index (χ1) is 8.90. The maximum atomic E-state index is 5.91. The molecule has 0 spiro atoms. The highest BCUT2D eigenvalue weighted by molar-refractivity contribution is 6.17. The molecule has 0 aliphatic rings. The highest BCUT2D eigenvalue weighted by atomic mass is 35.5. The molecule has 0 aliphatic carbocycles. The van der Waals surface area contributed by atoms with Crippen LogP contribution in [0.25, 0.3) is 0 Å². The molecule has 0 heterocycles. The summed E-state index contributed by atoms with van der Waals surface area (Å²) in [7, 11) is 0. The van der Waals surface area contributed by atoms with Gasteiger partial charge in [0.1, 0.15) is 11.5 Å². The maximum absolute atomic E-state index is 5.91. The first kappa shape index (κ1) is 13.0. The Bertz CT molecular complexity index is 468. The quantitative estimate of drug-likeness (QED) is 0.522. The van der Waals surface area contributed by atoms with Crippen LogP contribution in [0.3, 0.4) is 0 Å². The number of hydrogen-bond acceptors (Lipinski definition) is 1. The third-order valence-corrected chi connectivity index (χ3v) is 3.04. The van der Waals surface area contributed by atoms with E-state index in [1.807, 2.05) is 48.5 Å². The van der Waals surface area contributed by atoms with Crippen LogP contribution < -0.4 is 4.74 Å². The smallest absolute Gasteiger partial charge is 0.130 e. The molecule has 18 heavy (non-hydrogen) atoms. The Hall–Kier alpha value is -1.47. The lowest BCUT2D eigenvalue weighted by Gasteiger charge is -2.10. The predicted octanol–water partition coefficient (Wildman–Crippen LogP) is 5.04. The second kappa shape index (κ2) is 7.07. The van der Waals surface area contributed by atoms with E-state index in [9.17, 15) is 0 Å². The van der Waals surface area contributed by atoms with E-state index in [1.165, 1.54) is 5.56 Å². The summed E-state index contributed by atoms with van der Waals surface area (Å²) in [5.74, 6) is 2.54. The highest BCUT2D eigenvalue weighted by Gasteiger charge is 2.03. The summed E-state index contributed by atoms with van der Waals surface area (Å²) in [6, 6.07) is 18.1. The van der Waals surface area contributed by atoms with Gasteiger partial charge in [-0.2, -0.15) is 0 Å². The van der Waals surface area contributed by atoms with Gasteiger partial charge in [-0.25, -0.2) is 0 Å². The molecule has 0 saturated carbocycles. The van der Waals surface area contributed by atoms with Gasteiger partial charge in [0.25, 0.3) is 0 Å². The van der Waals surface area contributed by atoms with Gasteiger partial charge in [0.2, 0.25) is 0 Å². The average Bonchev–Trinajstić information content (AvgIpc) is 2.42. The van der Waals surface area contributed by atoms with Crippen LogP contribution in [0.15, 0.2) is 54.6 Å². The molecule has 2 aromatic carbocycles. The van der Waals surface area contributed by atoms with Crippen molar-refractivity contribution in [1.82, 2.24) is 0 Å². The van der Waals surface area contributed by atoms with Gasteiger partial charge < -0.3 is 4.74 Å². The lowest BCUT2D eigenvalue weighted by atomic mass is 10.1. The van der Waals surface area contributed by atoms with E-state index in [0.29, 0.717) is 0 Å². The molecule has 1 nitrogen and oxygen atoms in total. The molecule has 94 valence electrons. The fourth-order valence-electron chi connectivity index (χ4n) is 1.84. The summed E-state index contributed by atoms with van der Waals surface area (Å²) in [4.78, 5) is 0. The third kappa shape index (κ3) is 3.78. The minimum Gasteiger partial charge on any atom is -0.457 e. The Labute approximate surface area is 113 Å². The van der Waals surface area contributed by atoms with Crippen molar-refractivity contribution in [3.05, 3.63) is 60.2 Å². The number of benzene rings is 2. The Morgan fingerprint density at radius 3 is 2.33 bits per heavy atom. The zero-order chi connectivity index (χ0) is 12.6. The van der Waals surface area contributed by atoms with Crippen LogP contribution in [0.1, 0.15) is 18.4 Å². The summed E-state index contributed by atoms with van der Waals surface area (Å²) in [6.07, 6.45) is 3.15. The van der Waals surface area contributed by atoms with Gasteiger partial charge in [-0.05, 0) is 43.0 Å². The van der Waals surface area contributed by atoms with Gasteiger partial charge in [-0.1, -0.05) is 36.4 Å².